The second-order valence-corrected chi connectivity index (χ2v) is 12.6. The molecule has 45 heavy (non-hydrogen) atoms. The van der Waals surface area contributed by atoms with Crippen molar-refractivity contribution in [2.75, 3.05) is 26.0 Å². The summed E-state index contributed by atoms with van der Waals surface area (Å²) in [6.45, 7) is 1.09. The standard InChI is InChI=1S/C34H37N9O2/c1-45-14-13-36-29-17-28(40-41-29)34(44)42-24-10-11-25(42)16-23(15-24)31-30(21-7-8-21)32(35)43-33(39-31)26(19-38-43)22-9-12-27(37-18-22)20-5-3-2-4-6-20/h2-6,9,12,18-19,21,23-25H,7-8,10-11,13-17,35H2,1H3,(H,36,41)/t23?,24-,25+. The SMILES string of the molecule is COCCN=C1CC(C(=O)N2[C@@H]3CC[C@H]2CC(c2nc4c(-c5ccc(-c6ccccc6)nc5)cnn4c(N)c2C2CC2)C3)=NN1. The van der Waals surface area contributed by atoms with E-state index < -0.39 is 0 Å². The summed E-state index contributed by atoms with van der Waals surface area (Å²) in [4.78, 5) is 30.4. The largest absolute Gasteiger partial charge is 0.383 e. The molecule has 6 heterocycles. The zero-order valence-electron chi connectivity index (χ0n) is 25.4. The van der Waals surface area contributed by atoms with Gasteiger partial charge in [-0.05, 0) is 50.5 Å². The number of nitrogen functional groups attached to an aromatic ring is 1. The third kappa shape index (κ3) is 5.04. The third-order valence-electron chi connectivity index (χ3n) is 9.73. The van der Waals surface area contributed by atoms with Crippen LogP contribution in [0.5, 0.6) is 0 Å². The molecule has 0 radical (unpaired) electrons. The summed E-state index contributed by atoms with van der Waals surface area (Å²) in [5, 5.41) is 9.05. The molecule has 3 fully saturated rings. The predicted molar refractivity (Wildman–Crippen MR) is 173 cm³/mol. The minimum atomic E-state index is 0.0280. The minimum Gasteiger partial charge on any atom is -0.383 e. The van der Waals surface area contributed by atoms with Gasteiger partial charge in [0.05, 0.1) is 37.2 Å². The average molecular weight is 604 g/mol. The number of nitrogens with zero attached hydrogens (tertiary/aromatic N) is 7. The number of hydrazone groups is 1. The van der Waals surface area contributed by atoms with Crippen molar-refractivity contribution in [1.82, 2.24) is 29.9 Å². The number of fused-ring (bicyclic) bond motifs is 3. The lowest BCUT2D eigenvalue weighted by molar-refractivity contribution is -0.128. The number of piperidine rings is 1. The first-order valence-electron chi connectivity index (χ1n) is 16.0. The number of rotatable bonds is 8. The van der Waals surface area contributed by atoms with E-state index in [4.69, 9.17) is 25.5 Å². The second-order valence-electron chi connectivity index (χ2n) is 12.6. The van der Waals surface area contributed by atoms with Gasteiger partial charge in [0.25, 0.3) is 5.91 Å². The number of nitrogens with two attached hydrogens (primary N) is 1. The first-order chi connectivity index (χ1) is 22.1. The van der Waals surface area contributed by atoms with Crippen molar-refractivity contribution in [3.8, 4) is 22.4 Å². The number of carbonyl (C=O) groups excluding carboxylic acids is 1. The highest BCUT2D eigenvalue weighted by molar-refractivity contribution is 6.43. The van der Waals surface area contributed by atoms with Gasteiger partial charge in [-0.1, -0.05) is 36.4 Å². The van der Waals surface area contributed by atoms with Gasteiger partial charge in [-0.2, -0.15) is 14.7 Å². The Morgan fingerprint density at radius 1 is 1.02 bits per heavy atom. The van der Waals surface area contributed by atoms with Crippen molar-refractivity contribution in [1.29, 1.82) is 0 Å². The van der Waals surface area contributed by atoms with Crippen LogP contribution in [-0.2, 0) is 9.53 Å². The Labute approximate surface area is 261 Å². The van der Waals surface area contributed by atoms with Gasteiger partial charge >= 0.3 is 0 Å². The number of hydrogen-bond acceptors (Lipinski definition) is 8. The number of carbonyl (C=O) groups is 1. The highest BCUT2D eigenvalue weighted by atomic mass is 16.5. The molecule has 3 N–H and O–H groups in total. The van der Waals surface area contributed by atoms with Crippen LogP contribution in [0.3, 0.4) is 0 Å². The fourth-order valence-corrected chi connectivity index (χ4v) is 7.42. The number of anilines is 1. The molecule has 2 bridgehead atoms. The van der Waals surface area contributed by atoms with Crippen LogP contribution in [0.4, 0.5) is 5.82 Å². The van der Waals surface area contributed by atoms with Crippen molar-refractivity contribution in [2.24, 2.45) is 10.1 Å². The van der Waals surface area contributed by atoms with Gasteiger partial charge < -0.3 is 15.4 Å². The Bertz CT molecular complexity index is 1800. The monoisotopic (exact) mass is 603 g/mol. The molecule has 3 aliphatic heterocycles. The van der Waals surface area contributed by atoms with E-state index in [0.29, 0.717) is 37.0 Å². The summed E-state index contributed by atoms with van der Waals surface area (Å²) < 4.78 is 6.90. The molecular formula is C34H37N9O2. The fourth-order valence-electron chi connectivity index (χ4n) is 7.42. The lowest BCUT2D eigenvalue weighted by Crippen LogP contribution is -2.48. The zero-order chi connectivity index (χ0) is 30.5. The molecule has 1 aliphatic carbocycles. The maximum Gasteiger partial charge on any atom is 0.271 e. The van der Waals surface area contributed by atoms with Gasteiger partial charge in [-0.15, -0.1) is 0 Å². The van der Waals surface area contributed by atoms with Gasteiger partial charge in [0.15, 0.2) is 5.65 Å². The first kappa shape index (κ1) is 27.9. The maximum atomic E-state index is 13.7. The Morgan fingerprint density at radius 2 is 1.82 bits per heavy atom. The molecule has 4 aromatic rings. The zero-order valence-corrected chi connectivity index (χ0v) is 25.4. The van der Waals surface area contributed by atoms with Gasteiger partial charge in [0.2, 0.25) is 0 Å². The average Bonchev–Trinajstić information content (AvgIpc) is 3.52. The number of aliphatic imine (C=N–C) groups is 1. The predicted octanol–water partition coefficient (Wildman–Crippen LogP) is 4.55. The van der Waals surface area contributed by atoms with Gasteiger partial charge in [0, 0.05) is 53.6 Å². The normalized spacial score (nSPS) is 23.5. The molecule has 3 atom stereocenters. The Hall–Kier alpha value is -4.64. The van der Waals surface area contributed by atoms with E-state index in [2.05, 4.69) is 38.6 Å². The number of pyridine rings is 1. The summed E-state index contributed by atoms with van der Waals surface area (Å²) in [5.41, 5.74) is 17.3. The smallest absolute Gasteiger partial charge is 0.271 e. The number of methoxy groups -OCH3 is 1. The first-order valence-corrected chi connectivity index (χ1v) is 16.0. The molecule has 1 saturated carbocycles. The van der Waals surface area contributed by atoms with E-state index in [-0.39, 0.29) is 23.9 Å². The topological polar surface area (TPSA) is 135 Å². The molecule has 2 saturated heterocycles. The van der Waals surface area contributed by atoms with Crippen LogP contribution in [0.2, 0.25) is 0 Å². The van der Waals surface area contributed by atoms with Crippen molar-refractivity contribution in [3.05, 3.63) is 66.1 Å². The van der Waals surface area contributed by atoms with Gasteiger partial charge in [0.1, 0.15) is 17.4 Å². The van der Waals surface area contributed by atoms with Crippen LogP contribution in [0.15, 0.2) is 65.0 Å². The molecule has 230 valence electrons. The molecular weight excluding hydrogens is 566 g/mol. The van der Waals surface area contributed by atoms with Crippen LogP contribution >= 0.6 is 0 Å². The van der Waals surface area contributed by atoms with Gasteiger partial charge in [-0.3, -0.25) is 20.2 Å². The van der Waals surface area contributed by atoms with E-state index in [0.717, 1.165) is 83.6 Å². The van der Waals surface area contributed by atoms with Crippen LogP contribution < -0.4 is 11.2 Å². The number of nitrogens with one attached hydrogen (secondary N) is 1. The number of ether oxygens (including phenoxy) is 1. The van der Waals surface area contributed by atoms with E-state index in [1.165, 1.54) is 0 Å². The van der Waals surface area contributed by atoms with Crippen molar-refractivity contribution >= 4 is 28.9 Å². The summed E-state index contributed by atoms with van der Waals surface area (Å²) >= 11 is 0. The van der Waals surface area contributed by atoms with Crippen LogP contribution in [0.1, 0.15) is 68.0 Å². The molecule has 8 rings (SSSR count). The molecule has 1 aromatic carbocycles. The number of benzene rings is 1. The Balaban J connectivity index is 1.07. The number of amides is 1. The minimum absolute atomic E-state index is 0.0280. The third-order valence-corrected chi connectivity index (χ3v) is 9.73. The molecule has 11 nitrogen and oxygen atoms in total. The second kappa shape index (κ2) is 11.4. The Morgan fingerprint density at radius 3 is 2.53 bits per heavy atom. The lowest BCUT2D eigenvalue weighted by Gasteiger charge is -2.39. The number of hydrogen-bond donors (Lipinski definition) is 2. The summed E-state index contributed by atoms with van der Waals surface area (Å²) in [7, 11) is 1.65. The molecule has 1 unspecified atom stereocenters. The summed E-state index contributed by atoms with van der Waals surface area (Å²) in [6, 6.07) is 14.6. The fraction of sp³-hybridized carbons (Fsp3) is 0.412. The quantitative estimate of drug-likeness (QED) is 0.282. The highest BCUT2D eigenvalue weighted by Gasteiger charge is 2.47. The molecule has 0 spiro atoms. The van der Waals surface area contributed by atoms with Crippen molar-refractivity contribution in [3.63, 3.8) is 0 Å². The lowest BCUT2D eigenvalue weighted by atomic mass is 9.84. The van der Waals surface area contributed by atoms with E-state index in [1.54, 1.807) is 7.11 Å². The molecule has 11 heteroatoms. The van der Waals surface area contributed by atoms with Crippen LogP contribution in [0.25, 0.3) is 28.0 Å². The van der Waals surface area contributed by atoms with Crippen LogP contribution in [0, 0.1) is 0 Å². The van der Waals surface area contributed by atoms with Crippen LogP contribution in [-0.4, -0.2) is 74.3 Å². The van der Waals surface area contributed by atoms with E-state index >= 15 is 0 Å². The van der Waals surface area contributed by atoms with Crippen molar-refractivity contribution in [2.45, 2.75) is 68.9 Å². The van der Waals surface area contributed by atoms with Gasteiger partial charge in [-0.25, -0.2) is 4.98 Å². The Kier molecular flexibility index (Phi) is 7.05. The maximum absolute atomic E-state index is 13.7. The highest BCUT2D eigenvalue weighted by Crippen LogP contribution is 2.50. The molecule has 4 aliphatic rings. The summed E-state index contributed by atoms with van der Waals surface area (Å²) in [5.74, 6) is 2.09. The van der Waals surface area contributed by atoms with Crippen molar-refractivity contribution < 1.29 is 9.53 Å². The molecule has 3 aromatic heterocycles. The number of amidine groups is 1. The molecule has 1 amide bonds. The van der Waals surface area contributed by atoms with E-state index in [9.17, 15) is 4.79 Å². The summed E-state index contributed by atoms with van der Waals surface area (Å²) in [6.07, 6.45) is 10.2. The van der Waals surface area contributed by atoms with E-state index in [1.807, 2.05) is 41.2 Å². The number of aromatic nitrogens is 4.